The van der Waals surface area contributed by atoms with Gasteiger partial charge in [-0.3, -0.25) is 5.10 Å². The Hall–Kier alpha value is -2.93. The van der Waals surface area contributed by atoms with Gasteiger partial charge >= 0.3 is 0 Å². The average molecular weight is 322 g/mol. The maximum Gasteiger partial charge on any atom is 0.157 e. The molecule has 24 heavy (non-hydrogen) atoms. The number of pyridine rings is 1. The SMILES string of the molecule is OC1C=CC=CC1(CNc1n[nH]c2ncccc12)Cn1ccnc1. The molecule has 1 aliphatic carbocycles. The van der Waals surface area contributed by atoms with Crippen LogP contribution in [-0.2, 0) is 6.54 Å². The van der Waals surface area contributed by atoms with Gasteiger partial charge in [0.15, 0.2) is 11.5 Å². The van der Waals surface area contributed by atoms with Crippen LogP contribution in [0.5, 0.6) is 0 Å². The van der Waals surface area contributed by atoms with Gasteiger partial charge in [-0.05, 0) is 12.1 Å². The Kier molecular flexibility index (Phi) is 3.62. The average Bonchev–Trinajstić information content (AvgIpc) is 3.25. The first kappa shape index (κ1) is 14.6. The summed E-state index contributed by atoms with van der Waals surface area (Å²) in [5, 5.41) is 22.1. The molecule has 122 valence electrons. The van der Waals surface area contributed by atoms with E-state index in [4.69, 9.17) is 0 Å². The topological polar surface area (TPSA) is 91.6 Å². The predicted octanol–water partition coefficient (Wildman–Crippen LogP) is 1.74. The Morgan fingerprint density at radius 3 is 3.12 bits per heavy atom. The number of anilines is 1. The number of imidazole rings is 1. The van der Waals surface area contributed by atoms with Gasteiger partial charge in [0.05, 0.1) is 23.2 Å². The predicted molar refractivity (Wildman–Crippen MR) is 91.3 cm³/mol. The number of aromatic nitrogens is 5. The standard InChI is InChI=1S/C17H18N6O/c24-14-5-1-2-6-17(14,11-23-9-8-18-12-23)10-20-16-13-4-3-7-19-15(13)21-22-16/h1-9,12,14,24H,10-11H2,(H2,19,20,21,22). The summed E-state index contributed by atoms with van der Waals surface area (Å²) in [6.45, 7) is 1.14. The third-order valence-corrected chi connectivity index (χ3v) is 4.38. The summed E-state index contributed by atoms with van der Waals surface area (Å²) in [5.74, 6) is 0.734. The second-order valence-electron chi connectivity index (χ2n) is 5.98. The maximum absolute atomic E-state index is 10.6. The van der Waals surface area contributed by atoms with Gasteiger partial charge < -0.3 is 15.0 Å². The van der Waals surface area contributed by atoms with Crippen LogP contribution >= 0.6 is 0 Å². The Morgan fingerprint density at radius 1 is 1.33 bits per heavy atom. The van der Waals surface area contributed by atoms with E-state index in [1.807, 2.05) is 47.2 Å². The highest BCUT2D eigenvalue weighted by molar-refractivity contribution is 5.86. The van der Waals surface area contributed by atoms with Crippen molar-refractivity contribution in [2.45, 2.75) is 12.6 Å². The molecule has 0 aliphatic heterocycles. The third kappa shape index (κ3) is 2.59. The molecule has 4 rings (SSSR count). The van der Waals surface area contributed by atoms with Crippen molar-refractivity contribution >= 4 is 16.9 Å². The molecular weight excluding hydrogens is 304 g/mol. The number of fused-ring (bicyclic) bond motifs is 1. The Bertz CT molecular complexity index is 882. The summed E-state index contributed by atoms with van der Waals surface area (Å²) in [6.07, 6.45) is 14.2. The van der Waals surface area contributed by atoms with Gasteiger partial charge in [-0.2, -0.15) is 5.10 Å². The zero-order valence-corrected chi connectivity index (χ0v) is 13.0. The van der Waals surface area contributed by atoms with E-state index in [1.165, 1.54) is 0 Å². The molecule has 3 aromatic heterocycles. The molecule has 3 N–H and O–H groups in total. The largest absolute Gasteiger partial charge is 0.388 e. The molecule has 3 heterocycles. The smallest absolute Gasteiger partial charge is 0.157 e. The highest BCUT2D eigenvalue weighted by Gasteiger charge is 2.36. The molecular formula is C17H18N6O. The monoisotopic (exact) mass is 322 g/mol. The number of aromatic amines is 1. The van der Waals surface area contributed by atoms with Crippen LogP contribution in [0, 0.1) is 5.41 Å². The van der Waals surface area contributed by atoms with Gasteiger partial charge in [-0.25, -0.2) is 9.97 Å². The summed E-state index contributed by atoms with van der Waals surface area (Å²) in [5.41, 5.74) is 0.256. The fourth-order valence-corrected chi connectivity index (χ4v) is 3.03. The minimum atomic E-state index is -0.597. The summed E-state index contributed by atoms with van der Waals surface area (Å²) in [7, 11) is 0. The Balaban J connectivity index is 1.60. The molecule has 0 fully saturated rings. The first-order valence-corrected chi connectivity index (χ1v) is 7.80. The van der Waals surface area contributed by atoms with Gasteiger partial charge in [0.1, 0.15) is 0 Å². The van der Waals surface area contributed by atoms with Crippen LogP contribution in [-0.4, -0.2) is 42.5 Å². The van der Waals surface area contributed by atoms with Crippen LogP contribution in [0.4, 0.5) is 5.82 Å². The Labute approximate surface area is 138 Å². The van der Waals surface area contributed by atoms with Crippen LogP contribution in [0.15, 0.2) is 61.4 Å². The zero-order valence-electron chi connectivity index (χ0n) is 13.0. The highest BCUT2D eigenvalue weighted by Crippen LogP contribution is 2.31. The summed E-state index contributed by atoms with van der Waals surface area (Å²) in [6, 6.07) is 3.84. The van der Waals surface area contributed by atoms with Crippen molar-refractivity contribution in [2.75, 3.05) is 11.9 Å². The molecule has 2 unspecified atom stereocenters. The van der Waals surface area contributed by atoms with E-state index in [9.17, 15) is 5.11 Å². The van der Waals surface area contributed by atoms with E-state index in [2.05, 4.69) is 25.5 Å². The number of hydrogen-bond acceptors (Lipinski definition) is 5. The number of rotatable bonds is 5. The van der Waals surface area contributed by atoms with Crippen molar-refractivity contribution in [3.05, 3.63) is 61.4 Å². The van der Waals surface area contributed by atoms with E-state index in [1.54, 1.807) is 18.7 Å². The quantitative estimate of drug-likeness (QED) is 0.665. The zero-order chi connectivity index (χ0) is 16.4. The molecule has 0 bridgehead atoms. The molecule has 1 aliphatic rings. The minimum Gasteiger partial charge on any atom is -0.388 e. The number of allylic oxidation sites excluding steroid dienone is 2. The van der Waals surface area contributed by atoms with Crippen LogP contribution in [0.1, 0.15) is 0 Å². The lowest BCUT2D eigenvalue weighted by molar-refractivity contribution is 0.0919. The minimum absolute atomic E-state index is 0.483. The molecule has 0 saturated carbocycles. The number of aliphatic hydroxyl groups excluding tert-OH is 1. The van der Waals surface area contributed by atoms with Gasteiger partial charge in [-0.1, -0.05) is 24.3 Å². The number of hydrogen-bond donors (Lipinski definition) is 3. The normalized spacial score (nSPS) is 23.0. The second-order valence-corrected chi connectivity index (χ2v) is 5.98. The number of H-pyrrole nitrogens is 1. The van der Waals surface area contributed by atoms with Crippen molar-refractivity contribution < 1.29 is 5.11 Å². The fourth-order valence-electron chi connectivity index (χ4n) is 3.03. The summed E-state index contributed by atoms with van der Waals surface area (Å²) < 4.78 is 1.97. The van der Waals surface area contributed by atoms with Gasteiger partial charge in [0.2, 0.25) is 0 Å². The second kappa shape index (κ2) is 5.93. The van der Waals surface area contributed by atoms with Crippen LogP contribution in [0.25, 0.3) is 11.0 Å². The molecule has 2 atom stereocenters. The number of aliphatic hydroxyl groups is 1. The molecule has 3 aromatic rings. The lowest BCUT2D eigenvalue weighted by Crippen LogP contribution is -2.43. The molecule has 7 heteroatoms. The van der Waals surface area contributed by atoms with E-state index < -0.39 is 11.5 Å². The highest BCUT2D eigenvalue weighted by atomic mass is 16.3. The van der Waals surface area contributed by atoms with Crippen molar-refractivity contribution in [1.29, 1.82) is 0 Å². The van der Waals surface area contributed by atoms with E-state index in [0.717, 1.165) is 16.9 Å². The molecule has 0 amide bonds. The molecule has 0 spiro atoms. The molecule has 0 saturated heterocycles. The van der Waals surface area contributed by atoms with Gasteiger partial charge in [-0.15, -0.1) is 0 Å². The van der Waals surface area contributed by atoms with Gasteiger partial charge in [0, 0.05) is 31.7 Å². The van der Waals surface area contributed by atoms with Crippen molar-refractivity contribution in [3.63, 3.8) is 0 Å². The first-order chi connectivity index (χ1) is 11.8. The molecule has 0 radical (unpaired) electrons. The van der Waals surface area contributed by atoms with E-state index in [-0.39, 0.29) is 0 Å². The van der Waals surface area contributed by atoms with Crippen LogP contribution < -0.4 is 5.32 Å². The van der Waals surface area contributed by atoms with Crippen molar-refractivity contribution in [1.82, 2.24) is 24.7 Å². The number of nitrogens with zero attached hydrogens (tertiary/aromatic N) is 4. The van der Waals surface area contributed by atoms with Crippen LogP contribution in [0.3, 0.4) is 0 Å². The van der Waals surface area contributed by atoms with E-state index >= 15 is 0 Å². The lowest BCUT2D eigenvalue weighted by Gasteiger charge is -2.36. The maximum atomic E-state index is 10.6. The third-order valence-electron chi connectivity index (χ3n) is 4.38. The van der Waals surface area contributed by atoms with Crippen LogP contribution in [0.2, 0.25) is 0 Å². The first-order valence-electron chi connectivity index (χ1n) is 7.80. The molecule has 0 aromatic carbocycles. The van der Waals surface area contributed by atoms with Gasteiger partial charge in [0.25, 0.3) is 0 Å². The summed E-state index contributed by atoms with van der Waals surface area (Å²) in [4.78, 5) is 8.33. The number of nitrogens with one attached hydrogen (secondary N) is 2. The van der Waals surface area contributed by atoms with Crippen molar-refractivity contribution in [3.8, 4) is 0 Å². The lowest BCUT2D eigenvalue weighted by atomic mass is 9.78. The molecule has 7 nitrogen and oxygen atoms in total. The van der Waals surface area contributed by atoms with Crippen molar-refractivity contribution in [2.24, 2.45) is 5.41 Å². The summed E-state index contributed by atoms with van der Waals surface area (Å²) >= 11 is 0. The van der Waals surface area contributed by atoms with E-state index in [0.29, 0.717) is 13.1 Å². The Morgan fingerprint density at radius 2 is 2.29 bits per heavy atom. The fraction of sp³-hybridized carbons (Fsp3) is 0.235.